The van der Waals surface area contributed by atoms with Gasteiger partial charge in [-0.2, -0.15) is 0 Å². The van der Waals surface area contributed by atoms with Gasteiger partial charge in [0.2, 0.25) is 11.3 Å². The summed E-state index contributed by atoms with van der Waals surface area (Å²) >= 11 is 6.25. The largest absolute Gasteiger partial charge is 0.477 e. The molecule has 3 aromatic carbocycles. The van der Waals surface area contributed by atoms with Gasteiger partial charge < -0.3 is 20.3 Å². The van der Waals surface area contributed by atoms with E-state index in [0.29, 0.717) is 21.7 Å². The summed E-state index contributed by atoms with van der Waals surface area (Å²) in [6.07, 6.45) is 1.24. The number of amides is 2. The van der Waals surface area contributed by atoms with E-state index in [2.05, 4.69) is 15.6 Å². The van der Waals surface area contributed by atoms with Crippen molar-refractivity contribution in [1.29, 1.82) is 0 Å². The summed E-state index contributed by atoms with van der Waals surface area (Å²) in [5.41, 5.74) is 1.57. The first-order valence-electron chi connectivity index (χ1n) is 13.5. The quantitative estimate of drug-likeness (QED) is 0.207. The minimum Gasteiger partial charge on any atom is -0.477 e. The number of halogens is 2. The predicted octanol–water partition coefficient (Wildman–Crippen LogP) is 5.67. The van der Waals surface area contributed by atoms with Gasteiger partial charge >= 0.3 is 5.97 Å². The van der Waals surface area contributed by atoms with Crippen LogP contribution in [0.5, 0.6) is 0 Å². The van der Waals surface area contributed by atoms with Crippen LogP contribution >= 0.6 is 11.6 Å². The molecule has 0 unspecified atom stereocenters. The number of carbonyl (C=O) groups excluding carboxylic acids is 2. The molecule has 1 atom stereocenters. The highest BCUT2D eigenvalue weighted by Crippen LogP contribution is 2.24. The molecular formula is C33H26ClFN4O5. The Morgan fingerprint density at radius 2 is 1.77 bits per heavy atom. The lowest BCUT2D eigenvalue weighted by molar-refractivity contribution is -0.117. The van der Waals surface area contributed by atoms with Crippen LogP contribution in [0.15, 0.2) is 89.9 Å². The first kappa shape index (κ1) is 30.1. The molecule has 0 aliphatic carbocycles. The van der Waals surface area contributed by atoms with Gasteiger partial charge in [0.1, 0.15) is 28.8 Å². The molecule has 2 heterocycles. The highest BCUT2D eigenvalue weighted by molar-refractivity contribution is 6.31. The summed E-state index contributed by atoms with van der Waals surface area (Å²) in [5, 5.41) is 15.3. The zero-order valence-corrected chi connectivity index (χ0v) is 24.4. The number of carboxylic acids is 1. The van der Waals surface area contributed by atoms with Crippen LogP contribution in [0.4, 0.5) is 10.2 Å². The molecular weight excluding hydrogens is 587 g/mol. The lowest BCUT2D eigenvalue weighted by Gasteiger charge is -2.16. The number of nitrogens with one attached hydrogen (secondary N) is 2. The first-order valence-corrected chi connectivity index (χ1v) is 13.9. The van der Waals surface area contributed by atoms with Crippen LogP contribution in [0.1, 0.15) is 38.8 Å². The van der Waals surface area contributed by atoms with E-state index in [0.717, 1.165) is 17.2 Å². The number of fused-ring (bicyclic) bond motifs is 1. The molecule has 0 fully saturated rings. The molecule has 5 aromatic rings. The average molecular weight is 613 g/mol. The Labute approximate surface area is 255 Å². The van der Waals surface area contributed by atoms with Crippen molar-refractivity contribution >= 4 is 46.2 Å². The van der Waals surface area contributed by atoms with Crippen LogP contribution in [-0.4, -0.2) is 38.5 Å². The number of hydrogen-bond donors (Lipinski definition) is 3. The Bertz CT molecular complexity index is 1990. The summed E-state index contributed by atoms with van der Waals surface area (Å²) in [7, 11) is 0. The second kappa shape index (κ2) is 12.5. The van der Waals surface area contributed by atoms with Gasteiger partial charge in [0.05, 0.1) is 5.52 Å². The molecule has 9 nitrogen and oxygen atoms in total. The summed E-state index contributed by atoms with van der Waals surface area (Å²) in [4.78, 5) is 54.8. The van der Waals surface area contributed by atoms with Gasteiger partial charge in [-0.25, -0.2) is 14.2 Å². The number of aryl methyl sites for hydroxylation is 1. The molecule has 2 amide bonds. The second-order valence-electron chi connectivity index (χ2n) is 10.2. The number of aromatic carboxylic acids is 1. The third kappa shape index (κ3) is 6.35. The van der Waals surface area contributed by atoms with Crippen molar-refractivity contribution in [1.82, 2.24) is 14.9 Å². The van der Waals surface area contributed by atoms with E-state index in [4.69, 9.17) is 11.6 Å². The van der Waals surface area contributed by atoms with E-state index in [1.165, 1.54) is 31.3 Å². The van der Waals surface area contributed by atoms with Gasteiger partial charge in [-0.15, -0.1) is 0 Å². The highest BCUT2D eigenvalue weighted by atomic mass is 35.5. The topological polar surface area (TPSA) is 130 Å². The van der Waals surface area contributed by atoms with Crippen molar-refractivity contribution in [3.63, 3.8) is 0 Å². The lowest BCUT2D eigenvalue weighted by atomic mass is 10.0. The number of anilines is 1. The number of carbonyl (C=O) groups is 3. The van der Waals surface area contributed by atoms with Crippen LogP contribution in [0.25, 0.3) is 22.2 Å². The molecule has 0 bridgehead atoms. The van der Waals surface area contributed by atoms with E-state index in [1.807, 2.05) is 25.1 Å². The van der Waals surface area contributed by atoms with Gasteiger partial charge in [-0.3, -0.25) is 14.4 Å². The van der Waals surface area contributed by atoms with Gasteiger partial charge in [0.25, 0.3) is 5.91 Å². The Hall–Kier alpha value is -5.35. The molecule has 2 aromatic heterocycles. The van der Waals surface area contributed by atoms with E-state index in [9.17, 15) is 28.7 Å². The van der Waals surface area contributed by atoms with Crippen molar-refractivity contribution in [3.8, 4) is 11.1 Å². The normalized spacial score (nSPS) is 11.6. The zero-order chi connectivity index (χ0) is 31.5. The fourth-order valence-corrected chi connectivity index (χ4v) is 4.84. The maximum absolute atomic E-state index is 14.8. The number of pyridine rings is 2. The van der Waals surface area contributed by atoms with E-state index in [-0.39, 0.29) is 23.4 Å². The second-order valence-corrected chi connectivity index (χ2v) is 10.6. The van der Waals surface area contributed by atoms with Crippen LogP contribution in [0.2, 0.25) is 5.02 Å². The predicted molar refractivity (Wildman–Crippen MR) is 166 cm³/mol. The van der Waals surface area contributed by atoms with Crippen LogP contribution in [0.3, 0.4) is 0 Å². The van der Waals surface area contributed by atoms with Crippen molar-refractivity contribution < 1.29 is 23.9 Å². The smallest absolute Gasteiger partial charge is 0.341 e. The fourth-order valence-electron chi connectivity index (χ4n) is 4.63. The Morgan fingerprint density at radius 3 is 2.45 bits per heavy atom. The van der Waals surface area contributed by atoms with Crippen LogP contribution in [-0.2, 0) is 11.3 Å². The number of hydrogen-bond acceptors (Lipinski definition) is 5. The van der Waals surface area contributed by atoms with Gasteiger partial charge in [0.15, 0.2) is 0 Å². The third-order valence-electron chi connectivity index (χ3n) is 7.06. The molecule has 0 radical (unpaired) electrons. The minimum atomic E-state index is -1.42. The summed E-state index contributed by atoms with van der Waals surface area (Å²) < 4.78 is 16.3. The number of benzene rings is 3. The number of rotatable bonds is 8. The van der Waals surface area contributed by atoms with Crippen molar-refractivity contribution in [3.05, 3.63) is 128 Å². The molecule has 11 heteroatoms. The monoisotopic (exact) mass is 612 g/mol. The number of aromatic nitrogens is 2. The van der Waals surface area contributed by atoms with Crippen LogP contribution < -0.4 is 16.1 Å². The molecule has 44 heavy (non-hydrogen) atoms. The Balaban J connectivity index is 1.35. The molecule has 3 N–H and O–H groups in total. The molecule has 0 saturated heterocycles. The maximum Gasteiger partial charge on any atom is 0.341 e. The Morgan fingerprint density at radius 1 is 1.02 bits per heavy atom. The summed E-state index contributed by atoms with van der Waals surface area (Å²) in [6, 6.07) is 20.3. The maximum atomic E-state index is 14.8. The average Bonchev–Trinajstić information content (AvgIpc) is 3.00. The Kier molecular flexibility index (Phi) is 8.54. The van der Waals surface area contributed by atoms with E-state index >= 15 is 0 Å². The highest BCUT2D eigenvalue weighted by Gasteiger charge is 2.20. The van der Waals surface area contributed by atoms with E-state index < -0.39 is 40.6 Å². The third-order valence-corrected chi connectivity index (χ3v) is 7.46. The van der Waals surface area contributed by atoms with Gasteiger partial charge in [-0.1, -0.05) is 60.1 Å². The molecule has 0 aliphatic heterocycles. The number of carboxylic acid groups (broad SMARTS) is 1. The molecule has 5 rings (SSSR count). The first-order chi connectivity index (χ1) is 21.0. The van der Waals surface area contributed by atoms with Crippen molar-refractivity contribution in [2.75, 3.05) is 5.32 Å². The van der Waals surface area contributed by atoms with E-state index in [1.54, 1.807) is 41.0 Å². The van der Waals surface area contributed by atoms with Crippen LogP contribution in [0, 0.1) is 12.7 Å². The molecule has 0 spiro atoms. The summed E-state index contributed by atoms with van der Waals surface area (Å²) in [6.45, 7) is 3.50. The lowest BCUT2D eigenvalue weighted by Crippen LogP contribution is -2.41. The van der Waals surface area contributed by atoms with Gasteiger partial charge in [-0.05, 0) is 60.9 Å². The standard InChI is InChI=1S/C33H26ClFN4O5/c1-18-8-9-20(14-25(18)34)16-39-17-24(33(43)44)30(40)29-27(39)12-13-28(37-29)38-31(41)19(2)36-32(42)22-10-11-23(26(35)15-22)21-6-4-3-5-7-21/h3-15,17,19H,16H2,1-2H3,(H,36,42)(H,43,44)(H,37,38,41)/t19-/m0/s1. The summed E-state index contributed by atoms with van der Waals surface area (Å²) in [5.74, 6) is -3.35. The zero-order valence-electron chi connectivity index (χ0n) is 23.6. The van der Waals surface area contributed by atoms with Crippen molar-refractivity contribution in [2.24, 2.45) is 0 Å². The van der Waals surface area contributed by atoms with Crippen molar-refractivity contribution in [2.45, 2.75) is 26.4 Å². The molecule has 222 valence electrons. The SMILES string of the molecule is Cc1ccc(Cn2cc(C(=O)O)c(=O)c3nc(NC(=O)[C@H](C)NC(=O)c4ccc(-c5ccccc5)c(F)c4)ccc32)cc1Cl. The minimum absolute atomic E-state index is 0.0218. The fraction of sp³-hybridized carbons (Fsp3) is 0.121. The molecule has 0 saturated carbocycles. The van der Waals surface area contributed by atoms with Gasteiger partial charge in [0, 0.05) is 28.9 Å². The number of nitrogens with zero attached hydrogens (tertiary/aromatic N) is 2. The molecule has 0 aliphatic rings.